The first-order valence-corrected chi connectivity index (χ1v) is 9.54. The van der Waals surface area contributed by atoms with E-state index in [0.717, 1.165) is 5.56 Å². The number of carbonyl (C=O) groups excluding carboxylic acids is 1. The molecule has 0 radical (unpaired) electrons. The number of ether oxygens (including phenoxy) is 4. The van der Waals surface area contributed by atoms with Gasteiger partial charge in [-0.15, -0.1) is 0 Å². The summed E-state index contributed by atoms with van der Waals surface area (Å²) in [6, 6.07) is 13.3. The summed E-state index contributed by atoms with van der Waals surface area (Å²) in [5, 5.41) is 0. The molecule has 1 amide bonds. The minimum atomic E-state index is -0.101. The van der Waals surface area contributed by atoms with E-state index in [0.29, 0.717) is 42.3 Å². The van der Waals surface area contributed by atoms with E-state index < -0.39 is 0 Å². The van der Waals surface area contributed by atoms with Gasteiger partial charge in [-0.25, -0.2) is 0 Å². The Hall–Kier alpha value is -2.90. The lowest BCUT2D eigenvalue weighted by Gasteiger charge is -2.20. The number of rotatable bonds is 7. The summed E-state index contributed by atoms with van der Waals surface area (Å²) in [5.74, 6) is 0.982. The lowest BCUT2D eigenvalue weighted by molar-refractivity contribution is -0.0665. The smallest absolute Gasteiger partial charge is 0.256 e. The highest BCUT2D eigenvalue weighted by Gasteiger charge is 2.38. The maximum atomic E-state index is 13.2. The summed E-state index contributed by atoms with van der Waals surface area (Å²) >= 11 is 0. The molecule has 0 spiro atoms. The van der Waals surface area contributed by atoms with Gasteiger partial charge in [0.2, 0.25) is 0 Å². The molecule has 2 aliphatic rings. The zero-order valence-corrected chi connectivity index (χ0v) is 16.5. The molecule has 2 aromatic carbocycles. The number of benzene rings is 2. The molecule has 1 saturated heterocycles. The van der Waals surface area contributed by atoms with Crippen molar-refractivity contribution in [1.29, 1.82) is 0 Å². The number of nitrogens with zero attached hydrogens (tertiary/aromatic N) is 2. The van der Waals surface area contributed by atoms with Crippen LogP contribution in [0.3, 0.4) is 0 Å². The average molecular weight is 396 g/mol. The fraction of sp³-hybridized carbons (Fsp3) is 0.364. The molecule has 2 atom stereocenters. The van der Waals surface area contributed by atoms with Crippen LogP contribution in [0.15, 0.2) is 47.5 Å². The molecule has 1 fully saturated rings. The maximum absolute atomic E-state index is 13.2. The van der Waals surface area contributed by atoms with Gasteiger partial charge in [0.15, 0.2) is 11.5 Å². The first-order chi connectivity index (χ1) is 14.2. The molecule has 0 saturated carbocycles. The van der Waals surface area contributed by atoms with Gasteiger partial charge in [0.1, 0.15) is 13.4 Å². The van der Waals surface area contributed by atoms with E-state index in [1.165, 1.54) is 0 Å². The fourth-order valence-corrected chi connectivity index (χ4v) is 3.64. The van der Waals surface area contributed by atoms with Gasteiger partial charge in [0.25, 0.3) is 5.91 Å². The molecule has 0 bridgehead atoms. The highest BCUT2D eigenvalue weighted by molar-refractivity contribution is 6.03. The topological polar surface area (TPSA) is 69.6 Å². The third-order valence-corrected chi connectivity index (χ3v) is 5.12. The largest absolute Gasteiger partial charge is 0.493 e. The summed E-state index contributed by atoms with van der Waals surface area (Å²) in [6.45, 7) is 1.12. The van der Waals surface area contributed by atoms with Crippen molar-refractivity contribution < 1.29 is 23.7 Å². The van der Waals surface area contributed by atoms with Crippen LogP contribution in [-0.4, -0.2) is 56.7 Å². The predicted octanol–water partition coefficient (Wildman–Crippen LogP) is 3.19. The first-order valence-electron chi connectivity index (χ1n) is 9.54. The molecule has 29 heavy (non-hydrogen) atoms. The Kier molecular flexibility index (Phi) is 5.78. The Morgan fingerprint density at radius 3 is 2.72 bits per heavy atom. The van der Waals surface area contributed by atoms with Crippen molar-refractivity contribution in [3.63, 3.8) is 0 Å². The van der Waals surface area contributed by atoms with Crippen molar-refractivity contribution in [3.05, 3.63) is 53.6 Å². The molecule has 7 nitrogen and oxygen atoms in total. The van der Waals surface area contributed by atoms with Crippen molar-refractivity contribution in [1.82, 2.24) is 4.90 Å². The van der Waals surface area contributed by atoms with Crippen molar-refractivity contribution in [2.45, 2.75) is 25.2 Å². The molecule has 7 heteroatoms. The molecule has 2 aromatic rings. The van der Waals surface area contributed by atoms with Gasteiger partial charge in [0, 0.05) is 32.4 Å². The summed E-state index contributed by atoms with van der Waals surface area (Å²) in [4.78, 5) is 19.5. The Labute approximate surface area is 169 Å². The third-order valence-electron chi connectivity index (χ3n) is 5.12. The van der Waals surface area contributed by atoms with Crippen LogP contribution in [0.25, 0.3) is 0 Å². The van der Waals surface area contributed by atoms with Gasteiger partial charge in [-0.1, -0.05) is 30.3 Å². The van der Waals surface area contributed by atoms with Crippen molar-refractivity contribution in [2.24, 2.45) is 4.99 Å². The van der Waals surface area contributed by atoms with Crippen LogP contribution in [0.2, 0.25) is 0 Å². The number of hydrogen-bond donors (Lipinski definition) is 0. The molecule has 2 heterocycles. The SMILES string of the molecule is COCO[C@@H]1CC2C=Nc3cc(OCc4ccccc4)c(OC)cc3C(=O)N2C1. The quantitative estimate of drug-likeness (QED) is 0.673. The normalized spacial score (nSPS) is 20.2. The number of aliphatic imine (C=N–C) groups is 1. The molecule has 2 aliphatic heterocycles. The summed E-state index contributed by atoms with van der Waals surface area (Å²) in [5.41, 5.74) is 2.13. The molecule has 1 unspecified atom stereocenters. The Bertz CT molecular complexity index is 900. The molecular formula is C22H24N2O5. The number of hydrogen-bond acceptors (Lipinski definition) is 6. The fourth-order valence-electron chi connectivity index (χ4n) is 3.64. The van der Waals surface area contributed by atoms with Crippen LogP contribution in [0.5, 0.6) is 11.5 Å². The van der Waals surface area contributed by atoms with E-state index in [4.69, 9.17) is 18.9 Å². The van der Waals surface area contributed by atoms with Crippen molar-refractivity contribution in [3.8, 4) is 11.5 Å². The van der Waals surface area contributed by atoms with Crippen LogP contribution in [0, 0.1) is 0 Å². The van der Waals surface area contributed by atoms with E-state index in [-0.39, 0.29) is 24.8 Å². The second-order valence-electron chi connectivity index (χ2n) is 7.03. The summed E-state index contributed by atoms with van der Waals surface area (Å²) in [7, 11) is 3.15. The lowest BCUT2D eigenvalue weighted by atomic mass is 10.1. The number of amides is 1. The van der Waals surface area contributed by atoms with Crippen LogP contribution >= 0.6 is 0 Å². The van der Waals surface area contributed by atoms with Crippen LogP contribution < -0.4 is 9.47 Å². The standard InChI is InChI=1S/C22H24N2O5/c1-26-14-29-17-8-16-11-23-19-10-21(28-13-15-6-4-3-5-7-15)20(27-2)9-18(19)22(25)24(16)12-17/h3-7,9-11,16-17H,8,12-14H2,1-2H3/t16?,17-/m1/s1. The minimum absolute atomic E-state index is 0.0627. The zero-order chi connectivity index (χ0) is 20.2. The van der Waals surface area contributed by atoms with Crippen LogP contribution in [0.4, 0.5) is 5.69 Å². The zero-order valence-electron chi connectivity index (χ0n) is 16.5. The van der Waals surface area contributed by atoms with E-state index in [2.05, 4.69) is 4.99 Å². The molecule has 0 N–H and O–H groups in total. The average Bonchev–Trinajstić information content (AvgIpc) is 3.12. The van der Waals surface area contributed by atoms with Gasteiger partial charge in [0.05, 0.1) is 30.5 Å². The number of fused-ring (bicyclic) bond motifs is 2. The lowest BCUT2D eigenvalue weighted by Crippen LogP contribution is -2.36. The second kappa shape index (κ2) is 8.63. The Balaban J connectivity index is 1.57. The molecular weight excluding hydrogens is 372 g/mol. The Morgan fingerprint density at radius 1 is 1.14 bits per heavy atom. The number of methoxy groups -OCH3 is 2. The predicted molar refractivity (Wildman–Crippen MR) is 108 cm³/mol. The van der Waals surface area contributed by atoms with Gasteiger partial charge in [-0.2, -0.15) is 0 Å². The molecule has 0 aromatic heterocycles. The monoisotopic (exact) mass is 396 g/mol. The van der Waals surface area contributed by atoms with Gasteiger partial charge in [-0.05, 0) is 11.6 Å². The van der Waals surface area contributed by atoms with Gasteiger partial charge in [-0.3, -0.25) is 9.79 Å². The highest BCUT2D eigenvalue weighted by Crippen LogP contribution is 2.38. The second-order valence-corrected chi connectivity index (χ2v) is 7.03. The molecule has 4 rings (SSSR count). The van der Waals surface area contributed by atoms with Crippen molar-refractivity contribution >= 4 is 17.8 Å². The van der Waals surface area contributed by atoms with E-state index in [1.54, 1.807) is 31.3 Å². The van der Waals surface area contributed by atoms with E-state index >= 15 is 0 Å². The van der Waals surface area contributed by atoms with Crippen LogP contribution in [0.1, 0.15) is 22.3 Å². The maximum Gasteiger partial charge on any atom is 0.256 e. The number of carbonyl (C=O) groups is 1. The van der Waals surface area contributed by atoms with Crippen LogP contribution in [-0.2, 0) is 16.1 Å². The minimum Gasteiger partial charge on any atom is -0.493 e. The summed E-state index contributed by atoms with van der Waals surface area (Å²) in [6.07, 6.45) is 2.45. The van der Waals surface area contributed by atoms with E-state index in [1.807, 2.05) is 36.5 Å². The van der Waals surface area contributed by atoms with E-state index in [9.17, 15) is 4.79 Å². The molecule has 152 valence electrons. The van der Waals surface area contributed by atoms with Crippen molar-refractivity contribution in [2.75, 3.05) is 27.6 Å². The van der Waals surface area contributed by atoms with Gasteiger partial charge < -0.3 is 23.8 Å². The highest BCUT2D eigenvalue weighted by atomic mass is 16.7. The molecule has 0 aliphatic carbocycles. The first kappa shape index (κ1) is 19.4. The Morgan fingerprint density at radius 2 is 1.97 bits per heavy atom. The van der Waals surface area contributed by atoms with Gasteiger partial charge >= 0.3 is 0 Å². The third kappa shape index (κ3) is 4.11. The summed E-state index contributed by atoms with van der Waals surface area (Å²) < 4.78 is 22.0.